The van der Waals surface area contributed by atoms with E-state index in [1.165, 1.54) is 18.3 Å². The van der Waals surface area contributed by atoms with Crippen molar-refractivity contribution in [2.75, 3.05) is 11.6 Å². The van der Waals surface area contributed by atoms with Crippen molar-refractivity contribution in [1.82, 2.24) is 29.5 Å². The molecule has 0 aliphatic carbocycles. The monoisotopic (exact) mass is 473 g/mol. The normalized spacial score (nSPS) is 12.5. The molecule has 3 heterocycles. The van der Waals surface area contributed by atoms with Crippen LogP contribution in [0.5, 0.6) is 0 Å². The Morgan fingerprint density at radius 1 is 1.00 bits per heavy atom. The molecule has 0 spiro atoms. The summed E-state index contributed by atoms with van der Waals surface area (Å²) < 4.78 is 78.7. The van der Waals surface area contributed by atoms with Crippen LogP contribution >= 0.6 is 11.8 Å². The highest BCUT2D eigenvalue weighted by Gasteiger charge is 2.36. The zero-order chi connectivity index (χ0) is 23.1. The minimum atomic E-state index is -4.62. The highest BCUT2D eigenvalue weighted by atomic mass is 32.2. The van der Waals surface area contributed by atoms with E-state index >= 15 is 0 Å². The van der Waals surface area contributed by atoms with Gasteiger partial charge in [-0.3, -0.25) is 0 Å². The maximum atomic E-state index is 13.2. The number of halogens is 6. The van der Waals surface area contributed by atoms with Crippen LogP contribution in [-0.4, -0.2) is 35.8 Å². The fourth-order valence-electron chi connectivity index (χ4n) is 2.86. The third-order valence-electron chi connectivity index (χ3n) is 4.40. The summed E-state index contributed by atoms with van der Waals surface area (Å²) in [6, 6.07) is 4.56. The van der Waals surface area contributed by atoms with Gasteiger partial charge in [0.15, 0.2) is 10.8 Å². The van der Waals surface area contributed by atoms with Gasteiger partial charge in [0.05, 0.1) is 30.2 Å². The Labute approximate surface area is 180 Å². The number of H-pyrrole nitrogens is 1. The fourth-order valence-corrected chi connectivity index (χ4v) is 3.22. The van der Waals surface area contributed by atoms with Crippen molar-refractivity contribution >= 4 is 23.4 Å². The molecule has 4 aromatic rings. The quantitative estimate of drug-likeness (QED) is 0.317. The van der Waals surface area contributed by atoms with Crippen LogP contribution < -0.4 is 5.32 Å². The number of aromatic nitrogens is 6. The van der Waals surface area contributed by atoms with E-state index in [0.717, 1.165) is 28.4 Å². The molecule has 0 amide bonds. The lowest BCUT2D eigenvalue weighted by Gasteiger charge is -2.09. The summed E-state index contributed by atoms with van der Waals surface area (Å²) in [5.41, 5.74) is -1.16. The molecule has 0 fully saturated rings. The number of hydrogen-bond donors (Lipinski definition) is 2. The summed E-state index contributed by atoms with van der Waals surface area (Å²) in [4.78, 5) is 15.1. The number of benzene rings is 1. The molecular weight excluding hydrogens is 460 g/mol. The maximum Gasteiger partial charge on any atom is 0.421 e. The summed E-state index contributed by atoms with van der Waals surface area (Å²) in [6.45, 7) is 0.0434. The van der Waals surface area contributed by atoms with E-state index < -0.39 is 23.5 Å². The maximum absolute atomic E-state index is 13.2. The lowest BCUT2D eigenvalue weighted by Crippen LogP contribution is -2.11. The fraction of sp³-hybridized carbons (Fsp3) is 0.222. The average Bonchev–Trinajstić information content (AvgIpc) is 3.38. The van der Waals surface area contributed by atoms with Gasteiger partial charge >= 0.3 is 12.4 Å². The Morgan fingerprint density at radius 3 is 2.34 bits per heavy atom. The van der Waals surface area contributed by atoms with Gasteiger partial charge in [0.2, 0.25) is 5.95 Å². The van der Waals surface area contributed by atoms with Gasteiger partial charge in [0.25, 0.3) is 0 Å². The molecule has 0 radical (unpaired) electrons. The molecule has 32 heavy (non-hydrogen) atoms. The van der Waals surface area contributed by atoms with Gasteiger partial charge in [-0.2, -0.15) is 40.9 Å². The van der Waals surface area contributed by atoms with E-state index in [1.54, 1.807) is 6.26 Å². The average molecular weight is 473 g/mol. The number of thioether (sulfide) groups is 1. The Bertz CT molecular complexity index is 1240. The van der Waals surface area contributed by atoms with Gasteiger partial charge in [-0.05, 0) is 24.0 Å². The van der Waals surface area contributed by atoms with Gasteiger partial charge in [-0.15, -0.1) is 0 Å². The molecule has 0 atom stereocenters. The second-order valence-electron chi connectivity index (χ2n) is 6.50. The molecule has 0 saturated carbocycles. The molecular formula is C18H13F6N7S. The third-order valence-corrected chi connectivity index (χ3v) is 4.95. The van der Waals surface area contributed by atoms with Gasteiger partial charge < -0.3 is 10.3 Å². The van der Waals surface area contributed by atoms with Crippen molar-refractivity contribution in [3.05, 3.63) is 53.6 Å². The number of fused-ring (bicyclic) bond motifs is 1. The predicted molar refractivity (Wildman–Crippen MR) is 104 cm³/mol. The molecule has 14 heteroatoms. The molecule has 0 unspecified atom stereocenters. The number of alkyl halides is 6. The first-order valence-electron chi connectivity index (χ1n) is 8.88. The second kappa shape index (κ2) is 8.00. The lowest BCUT2D eigenvalue weighted by molar-refractivity contribution is -0.138. The molecule has 0 saturated heterocycles. The first-order chi connectivity index (χ1) is 15.1. The van der Waals surface area contributed by atoms with Crippen LogP contribution in [0, 0.1) is 0 Å². The van der Waals surface area contributed by atoms with Crippen LogP contribution in [0.1, 0.15) is 17.0 Å². The van der Waals surface area contributed by atoms with Crippen LogP contribution in [0.3, 0.4) is 0 Å². The van der Waals surface area contributed by atoms with Crippen LogP contribution in [0.25, 0.3) is 16.9 Å². The van der Waals surface area contributed by atoms with E-state index in [-0.39, 0.29) is 23.3 Å². The van der Waals surface area contributed by atoms with Crippen molar-refractivity contribution < 1.29 is 26.3 Å². The number of nitrogens with one attached hydrogen (secondary N) is 2. The van der Waals surface area contributed by atoms with Crippen molar-refractivity contribution in [2.45, 2.75) is 24.1 Å². The number of aromatic amines is 1. The molecule has 168 valence electrons. The van der Waals surface area contributed by atoms with E-state index in [2.05, 4.69) is 30.4 Å². The molecule has 4 rings (SSSR count). The first kappa shape index (κ1) is 21.9. The summed E-state index contributed by atoms with van der Waals surface area (Å²) in [6.07, 6.45) is -5.31. The van der Waals surface area contributed by atoms with Gasteiger partial charge in [0, 0.05) is 0 Å². The summed E-state index contributed by atoms with van der Waals surface area (Å²) >= 11 is 1.07. The Morgan fingerprint density at radius 2 is 1.72 bits per heavy atom. The number of nitrogens with zero attached hydrogens (tertiary/aromatic N) is 5. The molecule has 3 aromatic heterocycles. The van der Waals surface area contributed by atoms with Crippen molar-refractivity contribution in [1.29, 1.82) is 0 Å². The molecule has 0 bridgehead atoms. The van der Waals surface area contributed by atoms with Gasteiger partial charge in [-0.1, -0.05) is 23.9 Å². The second-order valence-corrected chi connectivity index (χ2v) is 7.27. The van der Waals surface area contributed by atoms with Gasteiger partial charge in [-0.25, -0.2) is 9.97 Å². The SMILES string of the molecule is CSc1nc(NCc2ncc(-c3ccc(C(F)(F)F)cc3)[nH]2)n2ncc(C(F)(F)F)c2n1. The Kier molecular flexibility index (Phi) is 5.48. The van der Waals surface area contributed by atoms with E-state index in [9.17, 15) is 26.3 Å². The molecule has 2 N–H and O–H groups in total. The van der Waals surface area contributed by atoms with Crippen LogP contribution in [-0.2, 0) is 18.9 Å². The smallest absolute Gasteiger partial charge is 0.347 e. The third kappa shape index (κ3) is 4.35. The van der Waals surface area contributed by atoms with E-state index in [1.807, 2.05) is 0 Å². The summed E-state index contributed by atoms with van der Waals surface area (Å²) in [7, 11) is 0. The highest BCUT2D eigenvalue weighted by Crippen LogP contribution is 2.33. The van der Waals surface area contributed by atoms with Crippen LogP contribution in [0.15, 0.2) is 41.8 Å². The van der Waals surface area contributed by atoms with E-state index in [4.69, 9.17) is 0 Å². The number of hydrogen-bond acceptors (Lipinski definition) is 6. The van der Waals surface area contributed by atoms with Crippen LogP contribution in [0.2, 0.25) is 0 Å². The minimum absolute atomic E-state index is 0.0299. The first-order valence-corrected chi connectivity index (χ1v) is 10.1. The predicted octanol–water partition coefficient (Wildman–Crippen LogP) is 4.89. The molecule has 0 aliphatic heterocycles. The highest BCUT2D eigenvalue weighted by molar-refractivity contribution is 7.98. The van der Waals surface area contributed by atoms with Crippen molar-refractivity contribution in [3.8, 4) is 11.3 Å². The lowest BCUT2D eigenvalue weighted by atomic mass is 10.1. The molecule has 7 nitrogen and oxygen atoms in total. The largest absolute Gasteiger partial charge is 0.421 e. The van der Waals surface area contributed by atoms with Crippen LogP contribution in [0.4, 0.5) is 32.3 Å². The minimum Gasteiger partial charge on any atom is -0.347 e. The molecule has 0 aliphatic rings. The summed E-state index contributed by atoms with van der Waals surface area (Å²) in [5.74, 6) is 0.419. The molecule has 1 aromatic carbocycles. The number of anilines is 1. The van der Waals surface area contributed by atoms with Gasteiger partial charge in [0.1, 0.15) is 11.4 Å². The Balaban J connectivity index is 1.56. The zero-order valence-electron chi connectivity index (χ0n) is 16.1. The number of rotatable bonds is 5. The van der Waals surface area contributed by atoms with E-state index in [0.29, 0.717) is 23.3 Å². The number of imidazole rings is 1. The van der Waals surface area contributed by atoms with Crippen molar-refractivity contribution in [3.63, 3.8) is 0 Å². The van der Waals surface area contributed by atoms with Crippen molar-refractivity contribution in [2.24, 2.45) is 0 Å². The topological polar surface area (TPSA) is 83.8 Å². The zero-order valence-corrected chi connectivity index (χ0v) is 16.9. The Hall–Kier alpha value is -3.29. The summed E-state index contributed by atoms with van der Waals surface area (Å²) in [5, 5.41) is 6.72. The standard InChI is InChI=1S/C18H13F6N7S/c1-32-16-29-14-11(18(22,23)24)6-27-31(14)15(30-16)26-8-13-25-7-12(28-13)9-2-4-10(5-3-9)17(19,20)21/h2-7H,8H2,1H3,(H,25,28)(H,26,29,30).